The van der Waals surface area contributed by atoms with Gasteiger partial charge < -0.3 is 4.74 Å². The van der Waals surface area contributed by atoms with Crippen molar-refractivity contribution in [3.05, 3.63) is 37.5 Å². The first-order valence-electron chi connectivity index (χ1n) is 3.87. The second-order valence-electron chi connectivity index (χ2n) is 2.53. The van der Waals surface area contributed by atoms with E-state index in [1.807, 2.05) is 0 Å². The van der Waals surface area contributed by atoms with Crippen LogP contribution in [0.2, 0.25) is 0 Å². The van der Waals surface area contributed by atoms with Gasteiger partial charge in [-0.2, -0.15) is 0 Å². The van der Waals surface area contributed by atoms with Gasteiger partial charge in [0.2, 0.25) is 0 Å². The molecule has 0 aliphatic heterocycles. The summed E-state index contributed by atoms with van der Waals surface area (Å²) < 4.78 is 7.35. The zero-order chi connectivity index (χ0) is 10.6. The standard InChI is InChI=1S/C10H8I2O2/c1-2-3-14-10-8(11)4-7(6-13)5-9(10)12/h2,4-6H,1,3H2. The van der Waals surface area contributed by atoms with E-state index in [1.54, 1.807) is 18.2 Å². The molecule has 0 bridgehead atoms. The number of aldehydes is 1. The molecule has 0 amide bonds. The van der Waals surface area contributed by atoms with E-state index in [0.29, 0.717) is 12.2 Å². The topological polar surface area (TPSA) is 26.3 Å². The molecule has 0 aliphatic rings. The lowest BCUT2D eigenvalue weighted by Crippen LogP contribution is -1.98. The fourth-order valence-electron chi connectivity index (χ4n) is 0.928. The number of hydrogen-bond acceptors (Lipinski definition) is 2. The molecule has 1 rings (SSSR count). The van der Waals surface area contributed by atoms with E-state index in [-0.39, 0.29) is 0 Å². The Morgan fingerprint density at radius 1 is 1.36 bits per heavy atom. The summed E-state index contributed by atoms with van der Waals surface area (Å²) in [6, 6.07) is 3.60. The van der Waals surface area contributed by atoms with Crippen LogP contribution in [0.15, 0.2) is 24.8 Å². The van der Waals surface area contributed by atoms with Crippen LogP contribution in [0.1, 0.15) is 10.4 Å². The summed E-state index contributed by atoms with van der Waals surface area (Å²) >= 11 is 4.30. The summed E-state index contributed by atoms with van der Waals surface area (Å²) in [5, 5.41) is 0. The molecule has 0 unspecified atom stereocenters. The Kier molecular flexibility index (Phi) is 4.86. The Labute approximate surface area is 110 Å². The van der Waals surface area contributed by atoms with Gasteiger partial charge in [0.05, 0.1) is 7.14 Å². The molecular formula is C10H8I2O2. The van der Waals surface area contributed by atoms with Gasteiger partial charge in [-0.15, -0.1) is 0 Å². The summed E-state index contributed by atoms with van der Waals surface area (Å²) in [6.07, 6.45) is 2.53. The zero-order valence-electron chi connectivity index (χ0n) is 7.30. The lowest BCUT2D eigenvalue weighted by atomic mass is 10.2. The van der Waals surface area contributed by atoms with Crippen LogP contribution in [0.4, 0.5) is 0 Å². The Bertz CT molecular complexity index is 338. The average Bonchev–Trinajstić information content (AvgIpc) is 2.16. The van der Waals surface area contributed by atoms with Crippen molar-refractivity contribution in [2.45, 2.75) is 0 Å². The van der Waals surface area contributed by atoms with Crippen molar-refractivity contribution in [1.29, 1.82) is 0 Å². The Morgan fingerprint density at radius 2 is 1.93 bits per heavy atom. The fraction of sp³-hybridized carbons (Fsp3) is 0.100. The van der Waals surface area contributed by atoms with Crippen molar-refractivity contribution >= 4 is 51.5 Å². The van der Waals surface area contributed by atoms with E-state index in [0.717, 1.165) is 19.2 Å². The summed E-state index contributed by atoms with van der Waals surface area (Å²) in [5.41, 5.74) is 0.671. The summed E-state index contributed by atoms with van der Waals surface area (Å²) in [7, 11) is 0. The molecule has 1 aromatic carbocycles. The van der Waals surface area contributed by atoms with Crippen LogP contribution in [-0.2, 0) is 0 Å². The van der Waals surface area contributed by atoms with Crippen molar-refractivity contribution < 1.29 is 9.53 Å². The number of ether oxygens (including phenoxy) is 1. The molecule has 0 saturated carbocycles. The monoisotopic (exact) mass is 414 g/mol. The van der Waals surface area contributed by atoms with Gasteiger partial charge >= 0.3 is 0 Å². The number of halogens is 2. The highest BCUT2D eigenvalue weighted by Crippen LogP contribution is 2.28. The van der Waals surface area contributed by atoms with Gasteiger partial charge in [-0.05, 0) is 57.3 Å². The highest BCUT2D eigenvalue weighted by molar-refractivity contribution is 14.1. The zero-order valence-corrected chi connectivity index (χ0v) is 11.6. The maximum Gasteiger partial charge on any atom is 0.150 e. The SMILES string of the molecule is C=CCOc1c(I)cc(C=O)cc1I. The second kappa shape index (κ2) is 5.69. The van der Waals surface area contributed by atoms with E-state index in [1.165, 1.54) is 0 Å². The molecule has 0 atom stereocenters. The normalized spacial score (nSPS) is 9.57. The third-order valence-electron chi connectivity index (χ3n) is 1.50. The molecule has 0 radical (unpaired) electrons. The van der Waals surface area contributed by atoms with Crippen LogP contribution >= 0.6 is 45.2 Å². The van der Waals surface area contributed by atoms with Gasteiger partial charge in [-0.1, -0.05) is 12.7 Å². The molecule has 4 heteroatoms. The predicted octanol–water partition coefficient (Wildman–Crippen LogP) is 3.27. The molecule has 14 heavy (non-hydrogen) atoms. The first-order valence-corrected chi connectivity index (χ1v) is 6.02. The molecule has 0 heterocycles. The Balaban J connectivity index is 3.04. The van der Waals surface area contributed by atoms with E-state index >= 15 is 0 Å². The van der Waals surface area contributed by atoms with Crippen LogP contribution in [0.25, 0.3) is 0 Å². The van der Waals surface area contributed by atoms with Crippen LogP contribution in [0.3, 0.4) is 0 Å². The van der Waals surface area contributed by atoms with E-state index in [9.17, 15) is 4.79 Å². The third-order valence-corrected chi connectivity index (χ3v) is 3.10. The van der Waals surface area contributed by atoms with Crippen molar-refractivity contribution in [1.82, 2.24) is 0 Å². The maximum absolute atomic E-state index is 10.6. The van der Waals surface area contributed by atoms with Gasteiger partial charge in [0.1, 0.15) is 18.6 Å². The lowest BCUT2D eigenvalue weighted by molar-refractivity contribution is 0.112. The molecular weight excluding hydrogens is 406 g/mol. The molecule has 0 saturated heterocycles. The lowest BCUT2D eigenvalue weighted by Gasteiger charge is -2.08. The first kappa shape index (κ1) is 12.0. The van der Waals surface area contributed by atoms with E-state index < -0.39 is 0 Å². The van der Waals surface area contributed by atoms with E-state index in [4.69, 9.17) is 4.74 Å². The van der Waals surface area contributed by atoms with Crippen molar-refractivity contribution in [2.24, 2.45) is 0 Å². The van der Waals surface area contributed by atoms with Gasteiger partial charge in [0.25, 0.3) is 0 Å². The summed E-state index contributed by atoms with van der Waals surface area (Å²) in [6.45, 7) is 4.06. The third kappa shape index (κ3) is 2.94. The van der Waals surface area contributed by atoms with Crippen molar-refractivity contribution in [3.63, 3.8) is 0 Å². The number of rotatable bonds is 4. The fourth-order valence-corrected chi connectivity index (χ4v) is 3.06. The molecule has 74 valence electrons. The number of hydrogen-bond donors (Lipinski definition) is 0. The second-order valence-corrected chi connectivity index (χ2v) is 4.86. The molecule has 0 fully saturated rings. The van der Waals surface area contributed by atoms with Crippen LogP contribution in [0, 0.1) is 7.14 Å². The number of benzene rings is 1. The summed E-state index contributed by atoms with van der Waals surface area (Å²) in [5.74, 6) is 0.816. The minimum absolute atomic E-state index is 0.479. The smallest absolute Gasteiger partial charge is 0.150 e. The minimum atomic E-state index is 0.479. The van der Waals surface area contributed by atoms with Crippen LogP contribution < -0.4 is 4.74 Å². The predicted molar refractivity (Wildman–Crippen MR) is 73.0 cm³/mol. The van der Waals surface area contributed by atoms with Crippen molar-refractivity contribution in [2.75, 3.05) is 6.61 Å². The molecule has 0 aromatic heterocycles. The molecule has 1 aromatic rings. The largest absolute Gasteiger partial charge is 0.487 e. The first-order chi connectivity index (χ1) is 6.69. The van der Waals surface area contributed by atoms with Gasteiger partial charge in [-0.3, -0.25) is 4.79 Å². The quantitative estimate of drug-likeness (QED) is 0.430. The van der Waals surface area contributed by atoms with Gasteiger partial charge in [0.15, 0.2) is 0 Å². The highest BCUT2D eigenvalue weighted by Gasteiger charge is 2.07. The maximum atomic E-state index is 10.6. The molecule has 0 N–H and O–H groups in total. The van der Waals surface area contributed by atoms with Crippen molar-refractivity contribution in [3.8, 4) is 5.75 Å². The Hall–Kier alpha value is -0.110. The van der Waals surface area contributed by atoms with Crippen LogP contribution in [0.5, 0.6) is 5.75 Å². The van der Waals surface area contributed by atoms with Crippen LogP contribution in [-0.4, -0.2) is 12.9 Å². The Morgan fingerprint density at radius 3 is 2.36 bits per heavy atom. The molecule has 0 aliphatic carbocycles. The van der Waals surface area contributed by atoms with E-state index in [2.05, 4.69) is 51.8 Å². The molecule has 0 spiro atoms. The highest BCUT2D eigenvalue weighted by atomic mass is 127. The van der Waals surface area contributed by atoms with Gasteiger partial charge in [0, 0.05) is 5.56 Å². The number of carbonyl (C=O) groups is 1. The van der Waals surface area contributed by atoms with Gasteiger partial charge in [-0.25, -0.2) is 0 Å². The number of carbonyl (C=O) groups excluding carboxylic acids is 1. The minimum Gasteiger partial charge on any atom is -0.487 e. The molecule has 2 nitrogen and oxygen atoms in total. The summed E-state index contributed by atoms with van der Waals surface area (Å²) in [4.78, 5) is 10.6. The average molecular weight is 414 g/mol.